The summed E-state index contributed by atoms with van der Waals surface area (Å²) in [6.45, 7) is 2.61. The largest absolute Gasteiger partial charge is 0.462 e. The summed E-state index contributed by atoms with van der Waals surface area (Å²) in [6, 6.07) is 8.48. The van der Waals surface area contributed by atoms with E-state index in [0.29, 0.717) is 17.7 Å². The molecule has 0 unspecified atom stereocenters. The number of ether oxygens (including phenoxy) is 1. The number of nitrogens with zero attached hydrogens (tertiary/aromatic N) is 1. The predicted octanol–water partition coefficient (Wildman–Crippen LogP) is 3.30. The van der Waals surface area contributed by atoms with E-state index in [1.54, 1.807) is 24.3 Å². The molecule has 0 aliphatic rings. The van der Waals surface area contributed by atoms with E-state index in [9.17, 15) is 4.79 Å². The zero-order valence-electron chi connectivity index (χ0n) is 10.1. The van der Waals surface area contributed by atoms with E-state index in [0.717, 1.165) is 12.8 Å². The molecule has 3 nitrogen and oxygen atoms in total. The number of rotatable bonds is 6. The first kappa shape index (κ1) is 13.2. The Hall–Kier alpha value is -1.82. The third-order valence-electron chi connectivity index (χ3n) is 2.48. The van der Waals surface area contributed by atoms with E-state index in [2.05, 4.69) is 6.92 Å². The zero-order chi connectivity index (χ0) is 12.5. The van der Waals surface area contributed by atoms with Gasteiger partial charge in [-0.25, -0.2) is 4.79 Å². The summed E-state index contributed by atoms with van der Waals surface area (Å²) >= 11 is 0. The summed E-state index contributed by atoms with van der Waals surface area (Å²) in [4.78, 5) is 11.6. The molecule has 17 heavy (non-hydrogen) atoms. The predicted molar refractivity (Wildman–Crippen MR) is 65.6 cm³/mol. The molecule has 0 aliphatic heterocycles. The fourth-order valence-electron chi connectivity index (χ4n) is 1.46. The lowest BCUT2D eigenvalue weighted by Crippen LogP contribution is -2.06. The lowest BCUT2D eigenvalue weighted by molar-refractivity contribution is 0.0498. The van der Waals surface area contributed by atoms with E-state index in [4.69, 9.17) is 10.00 Å². The minimum Gasteiger partial charge on any atom is -0.462 e. The van der Waals surface area contributed by atoms with Crippen molar-refractivity contribution in [3.05, 3.63) is 35.4 Å². The maximum absolute atomic E-state index is 11.6. The second-order valence-corrected chi connectivity index (χ2v) is 3.89. The smallest absolute Gasteiger partial charge is 0.338 e. The van der Waals surface area contributed by atoms with Gasteiger partial charge in [0.2, 0.25) is 0 Å². The zero-order valence-corrected chi connectivity index (χ0v) is 10.1. The fourth-order valence-corrected chi connectivity index (χ4v) is 1.46. The summed E-state index contributed by atoms with van der Waals surface area (Å²) in [5.41, 5.74) is 1.05. The van der Waals surface area contributed by atoms with Gasteiger partial charge in [-0.05, 0) is 30.7 Å². The topological polar surface area (TPSA) is 50.1 Å². The average Bonchev–Trinajstić information content (AvgIpc) is 2.38. The van der Waals surface area contributed by atoms with Gasteiger partial charge in [-0.15, -0.1) is 0 Å². The van der Waals surface area contributed by atoms with Gasteiger partial charge in [0, 0.05) is 0 Å². The van der Waals surface area contributed by atoms with Crippen LogP contribution in [-0.2, 0) is 4.74 Å². The molecule has 3 heteroatoms. The molecule has 0 spiro atoms. The minimum atomic E-state index is -0.314. The van der Waals surface area contributed by atoms with Crippen LogP contribution in [0.25, 0.3) is 0 Å². The molecule has 0 aliphatic carbocycles. The van der Waals surface area contributed by atoms with Crippen molar-refractivity contribution in [2.75, 3.05) is 6.61 Å². The Morgan fingerprint density at radius 2 is 1.94 bits per heavy atom. The lowest BCUT2D eigenvalue weighted by atomic mass is 10.1. The number of unbranched alkanes of at least 4 members (excludes halogenated alkanes) is 3. The summed E-state index contributed by atoms with van der Waals surface area (Å²) in [5.74, 6) is -0.314. The van der Waals surface area contributed by atoms with Crippen molar-refractivity contribution in [2.45, 2.75) is 32.6 Å². The van der Waals surface area contributed by atoms with Crippen LogP contribution in [0.4, 0.5) is 0 Å². The van der Waals surface area contributed by atoms with Crippen LogP contribution in [0.3, 0.4) is 0 Å². The normalized spacial score (nSPS) is 9.65. The number of hydrogen-bond acceptors (Lipinski definition) is 3. The molecule has 0 saturated heterocycles. The minimum absolute atomic E-state index is 0.314. The molecule has 1 rings (SSSR count). The maximum atomic E-state index is 11.6. The van der Waals surface area contributed by atoms with Gasteiger partial charge in [-0.3, -0.25) is 0 Å². The van der Waals surface area contributed by atoms with Crippen molar-refractivity contribution in [3.8, 4) is 6.07 Å². The Balaban J connectivity index is 2.34. The number of nitriles is 1. The molecular formula is C14H17NO2. The second-order valence-electron chi connectivity index (χ2n) is 3.89. The Kier molecular flexibility index (Phi) is 5.81. The molecule has 0 fully saturated rings. The second kappa shape index (κ2) is 7.45. The van der Waals surface area contributed by atoms with Gasteiger partial charge in [-0.1, -0.05) is 26.2 Å². The van der Waals surface area contributed by atoms with E-state index >= 15 is 0 Å². The standard InChI is InChI=1S/C14H17NO2/c1-2-3-4-5-10-17-14(16)13-8-6-12(11-15)7-9-13/h6-9H,2-5,10H2,1H3. The summed E-state index contributed by atoms with van der Waals surface area (Å²) in [5, 5.41) is 8.62. The van der Waals surface area contributed by atoms with E-state index in [-0.39, 0.29) is 5.97 Å². The van der Waals surface area contributed by atoms with Crippen molar-refractivity contribution in [1.82, 2.24) is 0 Å². The highest BCUT2D eigenvalue weighted by atomic mass is 16.5. The van der Waals surface area contributed by atoms with Gasteiger partial charge in [-0.2, -0.15) is 5.26 Å². The molecule has 1 aromatic rings. The van der Waals surface area contributed by atoms with Crippen LogP contribution >= 0.6 is 0 Å². The van der Waals surface area contributed by atoms with Crippen LogP contribution in [-0.4, -0.2) is 12.6 Å². The van der Waals surface area contributed by atoms with E-state index in [1.165, 1.54) is 12.8 Å². The van der Waals surface area contributed by atoms with Crippen molar-refractivity contribution in [1.29, 1.82) is 5.26 Å². The van der Waals surface area contributed by atoms with Crippen LogP contribution in [0.1, 0.15) is 48.5 Å². The highest BCUT2D eigenvalue weighted by Crippen LogP contribution is 2.06. The summed E-state index contributed by atoms with van der Waals surface area (Å²) in [6.07, 6.45) is 4.35. The highest BCUT2D eigenvalue weighted by Gasteiger charge is 2.06. The monoisotopic (exact) mass is 231 g/mol. The van der Waals surface area contributed by atoms with Crippen molar-refractivity contribution < 1.29 is 9.53 Å². The molecular weight excluding hydrogens is 214 g/mol. The maximum Gasteiger partial charge on any atom is 0.338 e. The van der Waals surface area contributed by atoms with Gasteiger partial charge in [0.25, 0.3) is 0 Å². The number of benzene rings is 1. The molecule has 0 heterocycles. The lowest BCUT2D eigenvalue weighted by Gasteiger charge is -2.04. The van der Waals surface area contributed by atoms with E-state index < -0.39 is 0 Å². The Labute approximate surface area is 102 Å². The molecule has 0 saturated carbocycles. The SMILES string of the molecule is CCCCCCOC(=O)c1ccc(C#N)cc1. The van der Waals surface area contributed by atoms with Crippen molar-refractivity contribution in [3.63, 3.8) is 0 Å². The highest BCUT2D eigenvalue weighted by molar-refractivity contribution is 5.89. The van der Waals surface area contributed by atoms with Crippen LogP contribution in [0.2, 0.25) is 0 Å². The van der Waals surface area contributed by atoms with Crippen molar-refractivity contribution in [2.24, 2.45) is 0 Å². The van der Waals surface area contributed by atoms with Gasteiger partial charge in [0.1, 0.15) is 0 Å². The molecule has 0 atom stereocenters. The number of esters is 1. The number of carbonyl (C=O) groups excluding carboxylic acids is 1. The third kappa shape index (κ3) is 4.69. The van der Waals surface area contributed by atoms with Crippen LogP contribution in [0.5, 0.6) is 0 Å². The fraction of sp³-hybridized carbons (Fsp3) is 0.429. The van der Waals surface area contributed by atoms with Crippen LogP contribution in [0, 0.1) is 11.3 Å². The first-order chi connectivity index (χ1) is 8.27. The Morgan fingerprint density at radius 3 is 2.53 bits per heavy atom. The van der Waals surface area contributed by atoms with Gasteiger partial charge in [0.15, 0.2) is 0 Å². The first-order valence-electron chi connectivity index (χ1n) is 5.95. The molecule has 1 aromatic carbocycles. The molecule has 0 radical (unpaired) electrons. The molecule has 0 aromatic heterocycles. The van der Waals surface area contributed by atoms with Gasteiger partial charge >= 0.3 is 5.97 Å². The quantitative estimate of drug-likeness (QED) is 0.557. The number of hydrogen-bond donors (Lipinski definition) is 0. The molecule has 0 amide bonds. The van der Waals surface area contributed by atoms with E-state index in [1.807, 2.05) is 6.07 Å². The average molecular weight is 231 g/mol. The molecule has 0 bridgehead atoms. The Bertz CT molecular complexity index is 390. The molecule has 90 valence electrons. The third-order valence-corrected chi connectivity index (χ3v) is 2.48. The molecule has 0 N–H and O–H groups in total. The van der Waals surface area contributed by atoms with Gasteiger partial charge < -0.3 is 4.74 Å². The van der Waals surface area contributed by atoms with Gasteiger partial charge in [0.05, 0.1) is 23.8 Å². The summed E-state index contributed by atoms with van der Waals surface area (Å²) in [7, 11) is 0. The summed E-state index contributed by atoms with van der Waals surface area (Å²) < 4.78 is 5.13. The number of carbonyl (C=O) groups is 1. The van der Waals surface area contributed by atoms with Crippen LogP contribution in [0.15, 0.2) is 24.3 Å². The Morgan fingerprint density at radius 1 is 1.24 bits per heavy atom. The first-order valence-corrected chi connectivity index (χ1v) is 5.95. The van der Waals surface area contributed by atoms with Crippen molar-refractivity contribution >= 4 is 5.97 Å². The van der Waals surface area contributed by atoms with Crippen LogP contribution < -0.4 is 0 Å².